The first kappa shape index (κ1) is 12.5. The van der Waals surface area contributed by atoms with Crippen LogP contribution in [0.2, 0.25) is 0 Å². The maximum Gasteiger partial charge on any atom is 0.414 e. The molecule has 0 saturated carbocycles. The first-order chi connectivity index (χ1) is 6.80. The van der Waals surface area contributed by atoms with E-state index in [1.54, 1.807) is 18.2 Å². The van der Waals surface area contributed by atoms with Crippen LogP contribution in [0.5, 0.6) is 0 Å². The number of aliphatic hydroxyl groups is 1. The zero-order valence-corrected chi connectivity index (χ0v) is 9.56. The molecule has 0 heterocycles. The molecule has 1 unspecified atom stereocenters. The zero-order valence-electron chi connectivity index (χ0n) is 7.98. The third-order valence-corrected chi connectivity index (χ3v) is 2.90. The minimum Gasteiger partial charge on any atom is -0.383 e. The normalized spacial score (nSPS) is 14.0. The fourth-order valence-electron chi connectivity index (χ4n) is 1.10. The predicted octanol–water partition coefficient (Wildman–Crippen LogP) is 3.22. The van der Waals surface area contributed by atoms with Crippen molar-refractivity contribution in [3.05, 3.63) is 33.8 Å². The Morgan fingerprint density at radius 2 is 2.00 bits per heavy atom. The molecule has 15 heavy (non-hydrogen) atoms. The van der Waals surface area contributed by atoms with E-state index < -0.39 is 18.7 Å². The van der Waals surface area contributed by atoms with E-state index in [9.17, 15) is 13.2 Å². The van der Waals surface area contributed by atoms with E-state index >= 15 is 0 Å². The van der Waals surface area contributed by atoms with Gasteiger partial charge in [-0.05, 0) is 24.1 Å². The van der Waals surface area contributed by atoms with Crippen molar-refractivity contribution in [2.75, 3.05) is 0 Å². The number of rotatable bonds is 2. The van der Waals surface area contributed by atoms with Gasteiger partial charge in [-0.25, -0.2) is 0 Å². The van der Waals surface area contributed by atoms with Crippen molar-refractivity contribution >= 4 is 15.9 Å². The Balaban J connectivity index is 2.78. The molecular formula is C10H10BrF3O. The first-order valence-electron chi connectivity index (χ1n) is 4.30. The van der Waals surface area contributed by atoms with Crippen LogP contribution < -0.4 is 0 Å². The van der Waals surface area contributed by atoms with Gasteiger partial charge in [-0.15, -0.1) is 0 Å². The Bertz CT molecular complexity index is 349. The summed E-state index contributed by atoms with van der Waals surface area (Å²) in [5.41, 5.74) is 1.40. The van der Waals surface area contributed by atoms with Crippen LogP contribution in [0.4, 0.5) is 13.2 Å². The quantitative estimate of drug-likeness (QED) is 0.883. The molecule has 0 aliphatic heterocycles. The Kier molecular flexibility index (Phi) is 3.78. The average Bonchev–Trinajstić information content (AvgIpc) is 2.10. The number of alkyl halides is 3. The summed E-state index contributed by atoms with van der Waals surface area (Å²) in [7, 11) is 0. The van der Waals surface area contributed by atoms with E-state index in [2.05, 4.69) is 15.9 Å². The van der Waals surface area contributed by atoms with Gasteiger partial charge in [0, 0.05) is 10.9 Å². The molecule has 1 atom stereocenters. The van der Waals surface area contributed by atoms with Gasteiger partial charge >= 0.3 is 6.18 Å². The van der Waals surface area contributed by atoms with Crippen molar-refractivity contribution in [3.8, 4) is 0 Å². The molecule has 5 heteroatoms. The molecule has 0 fully saturated rings. The number of halogens is 4. The van der Waals surface area contributed by atoms with Crippen LogP contribution in [0.15, 0.2) is 22.7 Å². The molecule has 0 spiro atoms. The highest BCUT2D eigenvalue weighted by Gasteiger charge is 2.37. The van der Waals surface area contributed by atoms with E-state index in [0.29, 0.717) is 5.56 Å². The van der Waals surface area contributed by atoms with E-state index in [-0.39, 0.29) is 0 Å². The van der Waals surface area contributed by atoms with Gasteiger partial charge in [-0.1, -0.05) is 28.1 Å². The van der Waals surface area contributed by atoms with Crippen LogP contribution in [0.1, 0.15) is 11.1 Å². The molecule has 1 aromatic rings. The average molecular weight is 283 g/mol. The summed E-state index contributed by atoms with van der Waals surface area (Å²) >= 11 is 3.22. The van der Waals surface area contributed by atoms with Gasteiger partial charge in [0.2, 0.25) is 0 Å². The number of aliphatic hydroxyl groups excluding tert-OH is 1. The van der Waals surface area contributed by atoms with Crippen molar-refractivity contribution < 1.29 is 18.3 Å². The van der Waals surface area contributed by atoms with E-state index in [0.717, 1.165) is 10.0 Å². The summed E-state index contributed by atoms with van der Waals surface area (Å²) in [6.45, 7) is 1.84. The second-order valence-corrected chi connectivity index (χ2v) is 4.20. The smallest absolute Gasteiger partial charge is 0.383 e. The highest BCUT2D eigenvalue weighted by Crippen LogP contribution is 2.25. The van der Waals surface area contributed by atoms with Crippen LogP contribution in [-0.4, -0.2) is 17.4 Å². The molecule has 0 aliphatic rings. The predicted molar refractivity (Wildman–Crippen MR) is 54.6 cm³/mol. The fourth-order valence-corrected chi connectivity index (χ4v) is 1.53. The number of benzene rings is 1. The van der Waals surface area contributed by atoms with Crippen molar-refractivity contribution in [1.82, 2.24) is 0 Å². The summed E-state index contributed by atoms with van der Waals surface area (Å²) in [5.74, 6) is 0. The van der Waals surface area contributed by atoms with Gasteiger partial charge < -0.3 is 5.11 Å². The summed E-state index contributed by atoms with van der Waals surface area (Å²) in [5, 5.41) is 8.86. The van der Waals surface area contributed by atoms with Crippen molar-refractivity contribution in [2.45, 2.75) is 25.6 Å². The lowest BCUT2D eigenvalue weighted by molar-refractivity contribution is -0.203. The first-order valence-corrected chi connectivity index (χ1v) is 5.10. The molecule has 0 saturated heterocycles. The highest BCUT2D eigenvalue weighted by atomic mass is 79.9. The summed E-state index contributed by atoms with van der Waals surface area (Å²) in [6.07, 6.45) is -7.27. The van der Waals surface area contributed by atoms with Gasteiger partial charge in [-0.3, -0.25) is 0 Å². The second-order valence-electron chi connectivity index (χ2n) is 3.35. The van der Waals surface area contributed by atoms with Crippen molar-refractivity contribution in [3.63, 3.8) is 0 Å². The molecule has 1 rings (SSSR count). The number of hydrogen-bond donors (Lipinski definition) is 1. The Morgan fingerprint density at radius 3 is 2.47 bits per heavy atom. The van der Waals surface area contributed by atoms with E-state index in [1.807, 2.05) is 6.92 Å². The standard InChI is InChI=1S/C10H10BrF3O/c1-6-2-3-7(4-8(6)11)5-9(15)10(12,13)14/h2-4,9,15H,5H2,1H3. The molecule has 1 nitrogen and oxygen atoms in total. The molecule has 0 radical (unpaired) electrons. The minimum absolute atomic E-state index is 0.414. The SMILES string of the molecule is Cc1ccc(CC(O)C(F)(F)F)cc1Br. The largest absolute Gasteiger partial charge is 0.414 e. The summed E-state index contributed by atoms with van der Waals surface area (Å²) in [4.78, 5) is 0. The van der Waals surface area contributed by atoms with Crippen LogP contribution >= 0.6 is 15.9 Å². The lowest BCUT2D eigenvalue weighted by Gasteiger charge is -2.14. The summed E-state index contributed by atoms with van der Waals surface area (Å²) < 4.78 is 36.9. The Hall–Kier alpha value is -0.550. The van der Waals surface area contributed by atoms with E-state index in [4.69, 9.17) is 5.11 Å². The number of aryl methyl sites for hydroxylation is 1. The van der Waals surface area contributed by atoms with Crippen LogP contribution in [0, 0.1) is 6.92 Å². The molecule has 0 bridgehead atoms. The van der Waals surface area contributed by atoms with Crippen LogP contribution in [-0.2, 0) is 6.42 Å². The van der Waals surface area contributed by atoms with Crippen LogP contribution in [0.25, 0.3) is 0 Å². The third-order valence-electron chi connectivity index (χ3n) is 2.04. The molecule has 0 aliphatic carbocycles. The molecule has 1 aromatic carbocycles. The van der Waals surface area contributed by atoms with Crippen molar-refractivity contribution in [2.24, 2.45) is 0 Å². The lowest BCUT2D eigenvalue weighted by atomic mass is 10.1. The molecular weight excluding hydrogens is 273 g/mol. The van der Waals surface area contributed by atoms with Gasteiger partial charge in [0.25, 0.3) is 0 Å². The van der Waals surface area contributed by atoms with Gasteiger partial charge in [0.05, 0.1) is 0 Å². The molecule has 1 N–H and O–H groups in total. The summed E-state index contributed by atoms with van der Waals surface area (Å²) in [6, 6.07) is 4.88. The van der Waals surface area contributed by atoms with Gasteiger partial charge in [0.15, 0.2) is 6.10 Å². The highest BCUT2D eigenvalue weighted by molar-refractivity contribution is 9.10. The van der Waals surface area contributed by atoms with Crippen LogP contribution in [0.3, 0.4) is 0 Å². The zero-order chi connectivity index (χ0) is 11.6. The molecule has 0 amide bonds. The monoisotopic (exact) mass is 282 g/mol. The lowest BCUT2D eigenvalue weighted by Crippen LogP contribution is -2.30. The van der Waals surface area contributed by atoms with E-state index in [1.165, 1.54) is 0 Å². The fraction of sp³-hybridized carbons (Fsp3) is 0.400. The maximum absolute atomic E-state index is 12.1. The minimum atomic E-state index is -4.56. The molecule has 0 aromatic heterocycles. The topological polar surface area (TPSA) is 20.2 Å². The number of hydrogen-bond acceptors (Lipinski definition) is 1. The third kappa shape index (κ3) is 3.50. The maximum atomic E-state index is 12.1. The second kappa shape index (κ2) is 4.53. The Morgan fingerprint density at radius 1 is 1.40 bits per heavy atom. The Labute approximate surface area is 94.0 Å². The van der Waals surface area contributed by atoms with Gasteiger partial charge in [-0.2, -0.15) is 13.2 Å². The van der Waals surface area contributed by atoms with Crippen molar-refractivity contribution in [1.29, 1.82) is 0 Å². The van der Waals surface area contributed by atoms with Gasteiger partial charge in [0.1, 0.15) is 0 Å². The molecule has 84 valence electrons.